The average Bonchev–Trinajstić information content (AvgIpc) is 2.79. The minimum atomic E-state index is 0.371. The van der Waals surface area contributed by atoms with E-state index in [4.69, 9.17) is 12.2 Å². The highest BCUT2D eigenvalue weighted by Crippen LogP contribution is 2.14. The van der Waals surface area contributed by atoms with Gasteiger partial charge in [0.05, 0.1) is 0 Å². The summed E-state index contributed by atoms with van der Waals surface area (Å²) < 4.78 is 0. The first-order chi connectivity index (χ1) is 15.6. The first-order valence-electron chi connectivity index (χ1n) is 10.5. The van der Waals surface area contributed by atoms with Crippen LogP contribution in [0.2, 0.25) is 0 Å². The summed E-state index contributed by atoms with van der Waals surface area (Å²) in [5, 5.41) is 6.84. The van der Waals surface area contributed by atoms with E-state index in [9.17, 15) is 0 Å². The zero-order valence-electron chi connectivity index (χ0n) is 18.2. The van der Waals surface area contributed by atoms with Crippen molar-refractivity contribution in [2.45, 2.75) is 13.8 Å². The predicted octanol–water partition coefficient (Wildman–Crippen LogP) is 3.48. The third kappa shape index (κ3) is 5.76. The molecule has 0 amide bonds. The topological polar surface area (TPSA) is 81.6 Å². The van der Waals surface area contributed by atoms with Crippen molar-refractivity contribution in [3.05, 3.63) is 72.2 Å². The molecule has 1 aliphatic rings. The Morgan fingerprint density at radius 2 is 1.59 bits per heavy atom. The predicted molar refractivity (Wildman–Crippen MR) is 133 cm³/mol. The number of nitrogens with zero attached hydrogens (tertiary/aromatic N) is 6. The number of guanidine groups is 1. The number of hydrogen-bond acceptors (Lipinski definition) is 5. The van der Waals surface area contributed by atoms with E-state index in [-0.39, 0.29) is 0 Å². The Hall–Kier alpha value is -3.59. The molecule has 1 aliphatic heterocycles. The standard InChI is InChI=1S/C23H26N8S/c1-17-16-18(2)26-21(25-17)28-22(29-23(32)27-19-8-4-3-5-9-19)31-14-12-30(13-15-31)20-10-6-7-11-24-20/h3-11,16H,12-15H2,1-2H3,(H2,25,26,27,28,29,32). The number of nitrogens with one attached hydrogen (secondary N) is 2. The van der Waals surface area contributed by atoms with E-state index >= 15 is 0 Å². The van der Waals surface area contributed by atoms with Crippen LogP contribution in [-0.2, 0) is 0 Å². The van der Waals surface area contributed by atoms with Gasteiger partial charge in [0, 0.05) is 49.5 Å². The number of pyridine rings is 1. The van der Waals surface area contributed by atoms with Crippen molar-refractivity contribution in [2.75, 3.05) is 41.7 Å². The van der Waals surface area contributed by atoms with E-state index in [0.717, 1.165) is 49.1 Å². The Bertz CT molecular complexity index is 1060. The van der Waals surface area contributed by atoms with Crippen LogP contribution in [0.25, 0.3) is 0 Å². The Morgan fingerprint density at radius 3 is 2.25 bits per heavy atom. The molecule has 3 aromatic rings. The fourth-order valence-corrected chi connectivity index (χ4v) is 3.72. The number of rotatable bonds is 3. The molecule has 9 heteroatoms. The number of thiocarbonyl (C=S) groups is 1. The van der Waals surface area contributed by atoms with Gasteiger partial charge in [-0.15, -0.1) is 0 Å². The van der Waals surface area contributed by atoms with Gasteiger partial charge in [0.15, 0.2) is 0 Å². The number of anilines is 3. The highest BCUT2D eigenvalue weighted by Gasteiger charge is 2.22. The lowest BCUT2D eigenvalue weighted by Crippen LogP contribution is -2.51. The number of hydrogen-bond donors (Lipinski definition) is 2. The normalized spacial score (nSPS) is 14.2. The molecule has 8 nitrogen and oxygen atoms in total. The fraction of sp³-hybridized carbons (Fsp3) is 0.261. The van der Waals surface area contributed by atoms with Crippen molar-refractivity contribution in [3.8, 4) is 0 Å². The molecular weight excluding hydrogens is 420 g/mol. The van der Waals surface area contributed by atoms with E-state index < -0.39 is 0 Å². The maximum atomic E-state index is 5.52. The number of piperazine rings is 1. The second-order valence-corrected chi connectivity index (χ2v) is 7.88. The van der Waals surface area contributed by atoms with Crippen LogP contribution in [0.3, 0.4) is 0 Å². The third-order valence-electron chi connectivity index (χ3n) is 4.99. The van der Waals surface area contributed by atoms with E-state index in [1.54, 1.807) is 0 Å². The molecule has 2 N–H and O–H groups in total. The number of para-hydroxylation sites is 1. The Balaban J connectivity index is 1.52. The van der Waals surface area contributed by atoms with Gasteiger partial charge in [-0.1, -0.05) is 24.3 Å². The second-order valence-electron chi connectivity index (χ2n) is 7.49. The Kier molecular flexibility index (Phi) is 6.86. The molecule has 1 fully saturated rings. The summed E-state index contributed by atoms with van der Waals surface area (Å²) in [6.45, 7) is 7.07. The summed E-state index contributed by atoms with van der Waals surface area (Å²) in [5.74, 6) is 2.12. The van der Waals surface area contributed by atoms with Gasteiger partial charge >= 0.3 is 0 Å². The minimum Gasteiger partial charge on any atom is -0.353 e. The average molecular weight is 447 g/mol. The summed E-state index contributed by atoms with van der Waals surface area (Å²) in [7, 11) is 0. The summed E-state index contributed by atoms with van der Waals surface area (Å²) in [4.78, 5) is 22.6. The molecule has 164 valence electrons. The van der Waals surface area contributed by atoms with Gasteiger partial charge in [0.2, 0.25) is 17.0 Å². The molecule has 0 saturated carbocycles. The molecule has 32 heavy (non-hydrogen) atoms. The van der Waals surface area contributed by atoms with Crippen LogP contribution in [0.4, 0.5) is 17.5 Å². The second kappa shape index (κ2) is 10.1. The molecule has 1 aromatic carbocycles. The lowest BCUT2D eigenvalue weighted by Gasteiger charge is -2.36. The van der Waals surface area contributed by atoms with Gasteiger partial charge in [-0.3, -0.25) is 5.32 Å². The van der Waals surface area contributed by atoms with Crippen molar-refractivity contribution in [3.63, 3.8) is 0 Å². The summed E-state index contributed by atoms with van der Waals surface area (Å²) in [5.41, 5.74) is 2.68. The summed E-state index contributed by atoms with van der Waals surface area (Å²) in [6, 6.07) is 17.7. The molecule has 0 spiro atoms. The number of aryl methyl sites for hydroxylation is 2. The molecule has 4 rings (SSSR count). The van der Waals surface area contributed by atoms with Crippen LogP contribution in [0.5, 0.6) is 0 Å². The third-order valence-corrected chi connectivity index (χ3v) is 5.18. The summed E-state index contributed by atoms with van der Waals surface area (Å²) in [6.07, 6.45) is 1.82. The Morgan fingerprint density at radius 1 is 0.906 bits per heavy atom. The van der Waals surface area contributed by atoms with Gasteiger partial charge in [-0.25, -0.2) is 15.0 Å². The number of benzene rings is 1. The smallest absolute Gasteiger partial charge is 0.229 e. The van der Waals surface area contributed by atoms with Crippen LogP contribution in [-0.4, -0.2) is 57.1 Å². The molecule has 0 unspecified atom stereocenters. The zero-order chi connectivity index (χ0) is 22.3. The number of aromatic nitrogens is 3. The molecule has 0 bridgehead atoms. The number of aliphatic imine (C=N–C) groups is 1. The van der Waals surface area contributed by atoms with Crippen molar-refractivity contribution in [1.29, 1.82) is 0 Å². The van der Waals surface area contributed by atoms with E-state index in [1.165, 1.54) is 0 Å². The summed E-state index contributed by atoms with van der Waals surface area (Å²) >= 11 is 5.52. The molecule has 1 saturated heterocycles. The van der Waals surface area contributed by atoms with E-state index in [2.05, 4.69) is 40.4 Å². The van der Waals surface area contributed by atoms with Crippen LogP contribution < -0.4 is 15.5 Å². The van der Waals surface area contributed by atoms with Crippen molar-refractivity contribution < 1.29 is 0 Å². The van der Waals surface area contributed by atoms with E-state index in [1.807, 2.05) is 74.6 Å². The molecule has 3 heterocycles. The van der Waals surface area contributed by atoms with Gasteiger partial charge in [-0.05, 0) is 56.4 Å². The SMILES string of the molecule is Cc1cc(C)nc(N/C(=N/C(=S)Nc2ccccc2)N2CCN(c3ccccn3)CC2)n1. The maximum Gasteiger partial charge on any atom is 0.229 e. The highest BCUT2D eigenvalue weighted by atomic mass is 32.1. The first kappa shape index (κ1) is 21.6. The van der Waals surface area contributed by atoms with Crippen LogP contribution in [0, 0.1) is 13.8 Å². The first-order valence-corrected chi connectivity index (χ1v) is 10.9. The quantitative estimate of drug-likeness (QED) is 0.360. The lowest BCUT2D eigenvalue weighted by atomic mass is 10.3. The van der Waals surface area contributed by atoms with Crippen molar-refractivity contribution in [2.24, 2.45) is 4.99 Å². The molecule has 0 aliphatic carbocycles. The fourth-order valence-electron chi connectivity index (χ4n) is 3.52. The maximum absolute atomic E-state index is 5.52. The highest BCUT2D eigenvalue weighted by molar-refractivity contribution is 7.80. The van der Waals surface area contributed by atoms with Crippen LogP contribution >= 0.6 is 12.2 Å². The monoisotopic (exact) mass is 446 g/mol. The van der Waals surface area contributed by atoms with Gasteiger partial charge in [-0.2, -0.15) is 4.99 Å². The van der Waals surface area contributed by atoms with E-state index in [0.29, 0.717) is 17.0 Å². The lowest BCUT2D eigenvalue weighted by molar-refractivity contribution is 0.384. The Labute approximate surface area is 193 Å². The molecule has 2 aromatic heterocycles. The largest absolute Gasteiger partial charge is 0.353 e. The molecule has 0 radical (unpaired) electrons. The van der Waals surface area contributed by atoms with Crippen LogP contribution in [0.15, 0.2) is 65.8 Å². The van der Waals surface area contributed by atoms with Gasteiger partial charge < -0.3 is 15.1 Å². The van der Waals surface area contributed by atoms with Gasteiger partial charge in [0.25, 0.3) is 0 Å². The van der Waals surface area contributed by atoms with Crippen molar-refractivity contribution >= 4 is 40.7 Å². The zero-order valence-corrected chi connectivity index (χ0v) is 19.0. The molecule has 0 atom stereocenters. The van der Waals surface area contributed by atoms with Crippen LogP contribution in [0.1, 0.15) is 11.4 Å². The molecular formula is C23H26N8S. The minimum absolute atomic E-state index is 0.371. The van der Waals surface area contributed by atoms with Crippen molar-refractivity contribution in [1.82, 2.24) is 19.9 Å². The van der Waals surface area contributed by atoms with Gasteiger partial charge in [0.1, 0.15) is 5.82 Å².